The number of carboxylic acids is 1. The number of amides is 1. The molecule has 1 saturated heterocycles. The quantitative estimate of drug-likeness (QED) is 0.464. The molecule has 1 aliphatic heterocycles. The Bertz CT molecular complexity index is 1000. The maximum Gasteiger partial charge on any atom is 0.306 e. The highest BCUT2D eigenvalue weighted by atomic mass is 32.2. The van der Waals surface area contributed by atoms with Crippen LogP contribution >= 0.6 is 24.0 Å². The maximum absolute atomic E-state index is 12.9. The van der Waals surface area contributed by atoms with Gasteiger partial charge < -0.3 is 19.7 Å². The van der Waals surface area contributed by atoms with E-state index < -0.39 is 5.97 Å². The Balaban J connectivity index is 1.82. The third-order valence-electron chi connectivity index (χ3n) is 4.04. The number of carbonyl (C=O) groups excluding carboxylic acids is 1. The van der Waals surface area contributed by atoms with Crippen molar-refractivity contribution in [3.8, 4) is 17.2 Å². The van der Waals surface area contributed by atoms with Crippen LogP contribution in [0.5, 0.6) is 17.2 Å². The van der Waals surface area contributed by atoms with Crippen LogP contribution in [0.3, 0.4) is 0 Å². The number of thioether (sulfide) groups is 1. The lowest BCUT2D eigenvalue weighted by atomic mass is 10.1. The topological polar surface area (TPSA) is 96.3 Å². The molecule has 156 valence electrons. The van der Waals surface area contributed by atoms with E-state index in [-0.39, 0.29) is 24.7 Å². The summed E-state index contributed by atoms with van der Waals surface area (Å²) < 4.78 is 11.5. The van der Waals surface area contributed by atoms with Crippen LogP contribution in [0.15, 0.2) is 47.4 Å². The van der Waals surface area contributed by atoms with Gasteiger partial charge in [0.2, 0.25) is 0 Å². The number of carbonyl (C=O) groups is 2. The first-order valence-corrected chi connectivity index (χ1v) is 10.3. The number of phenols is 1. The number of anilines is 1. The number of thiocarbonyl (C=S) groups is 1. The normalized spacial score (nSPS) is 15.0. The van der Waals surface area contributed by atoms with Crippen LogP contribution in [0.25, 0.3) is 6.08 Å². The zero-order valence-electron chi connectivity index (χ0n) is 16.0. The van der Waals surface area contributed by atoms with Gasteiger partial charge in [-0.3, -0.25) is 14.5 Å². The third kappa shape index (κ3) is 5.11. The van der Waals surface area contributed by atoms with E-state index >= 15 is 0 Å². The summed E-state index contributed by atoms with van der Waals surface area (Å²) in [6.07, 6.45) is 1.59. The van der Waals surface area contributed by atoms with Gasteiger partial charge in [0.15, 0.2) is 15.8 Å². The smallest absolute Gasteiger partial charge is 0.306 e. The molecule has 1 fully saturated rings. The molecule has 2 aromatic rings. The average Bonchev–Trinajstić information content (AvgIpc) is 2.97. The molecule has 2 N–H and O–H groups in total. The number of nitrogens with zero attached hydrogens (tertiary/aromatic N) is 1. The largest absolute Gasteiger partial charge is 0.508 e. The maximum atomic E-state index is 12.9. The lowest BCUT2D eigenvalue weighted by Crippen LogP contribution is -2.27. The van der Waals surface area contributed by atoms with Gasteiger partial charge >= 0.3 is 5.97 Å². The fourth-order valence-corrected chi connectivity index (χ4v) is 3.99. The number of rotatable bonds is 8. The van der Waals surface area contributed by atoms with Crippen LogP contribution in [0.4, 0.5) is 5.69 Å². The van der Waals surface area contributed by atoms with E-state index in [2.05, 4.69) is 0 Å². The Morgan fingerprint density at radius 3 is 2.57 bits per heavy atom. The predicted octanol–water partition coefficient (Wildman–Crippen LogP) is 4.05. The molecular formula is C21H19NO6S2. The summed E-state index contributed by atoms with van der Waals surface area (Å²) in [5.74, 6) is -0.193. The molecule has 0 aliphatic carbocycles. The van der Waals surface area contributed by atoms with Crippen LogP contribution in [0.1, 0.15) is 18.9 Å². The minimum absolute atomic E-state index is 0.0278. The molecule has 1 heterocycles. The minimum atomic E-state index is -0.944. The van der Waals surface area contributed by atoms with Crippen LogP contribution in [0.2, 0.25) is 0 Å². The standard InChI is InChI=1S/C21H19NO6S2/c1-2-27-17-11-13(3-8-16(17)28-10-9-19(24)25)12-18-20(26)22(21(29)30-18)14-4-6-15(23)7-5-14/h3-8,11-12,23H,2,9-10H2,1H3,(H,24,25)/b18-12+. The zero-order valence-corrected chi connectivity index (χ0v) is 17.7. The molecule has 0 spiro atoms. The molecule has 0 atom stereocenters. The molecule has 0 aromatic heterocycles. The molecule has 2 aromatic carbocycles. The summed E-state index contributed by atoms with van der Waals surface area (Å²) in [7, 11) is 0. The minimum Gasteiger partial charge on any atom is -0.508 e. The van der Waals surface area contributed by atoms with E-state index in [1.807, 2.05) is 6.92 Å². The number of aromatic hydroxyl groups is 1. The van der Waals surface area contributed by atoms with Gasteiger partial charge in [0, 0.05) is 0 Å². The Labute approximate surface area is 182 Å². The van der Waals surface area contributed by atoms with E-state index in [0.29, 0.717) is 33.0 Å². The molecule has 0 unspecified atom stereocenters. The summed E-state index contributed by atoms with van der Waals surface area (Å²) in [5, 5.41) is 18.2. The third-order valence-corrected chi connectivity index (χ3v) is 5.34. The number of ether oxygens (including phenoxy) is 2. The Morgan fingerprint density at radius 2 is 1.90 bits per heavy atom. The summed E-state index contributed by atoms with van der Waals surface area (Å²) in [5.41, 5.74) is 1.30. The summed E-state index contributed by atoms with van der Waals surface area (Å²) in [6.45, 7) is 2.26. The first-order chi connectivity index (χ1) is 14.4. The van der Waals surface area contributed by atoms with Crippen molar-refractivity contribution in [3.63, 3.8) is 0 Å². The van der Waals surface area contributed by atoms with Gasteiger partial charge in [-0.2, -0.15) is 0 Å². The van der Waals surface area contributed by atoms with Crippen LogP contribution in [0, 0.1) is 0 Å². The Kier molecular flexibility index (Phi) is 6.96. The van der Waals surface area contributed by atoms with E-state index in [9.17, 15) is 14.7 Å². The lowest BCUT2D eigenvalue weighted by molar-refractivity contribution is -0.137. The molecule has 3 rings (SSSR count). The highest BCUT2D eigenvalue weighted by molar-refractivity contribution is 8.27. The molecule has 30 heavy (non-hydrogen) atoms. The van der Waals surface area contributed by atoms with E-state index in [1.165, 1.54) is 28.8 Å². The Morgan fingerprint density at radius 1 is 1.17 bits per heavy atom. The van der Waals surface area contributed by atoms with Crippen molar-refractivity contribution in [2.75, 3.05) is 18.1 Å². The summed E-state index contributed by atoms with van der Waals surface area (Å²) >= 11 is 6.54. The van der Waals surface area contributed by atoms with Crippen molar-refractivity contribution in [1.82, 2.24) is 0 Å². The molecule has 9 heteroatoms. The second kappa shape index (κ2) is 9.64. The molecule has 0 bridgehead atoms. The van der Waals surface area contributed by atoms with E-state index in [1.54, 1.807) is 36.4 Å². The van der Waals surface area contributed by atoms with Crippen molar-refractivity contribution < 1.29 is 29.3 Å². The number of phenolic OH excluding ortho intramolecular Hbond substituents is 1. The van der Waals surface area contributed by atoms with Gasteiger partial charge in [-0.05, 0) is 55.0 Å². The highest BCUT2D eigenvalue weighted by Gasteiger charge is 2.33. The van der Waals surface area contributed by atoms with Crippen molar-refractivity contribution >= 4 is 51.9 Å². The molecule has 0 radical (unpaired) electrons. The first kappa shape index (κ1) is 21.7. The predicted molar refractivity (Wildman–Crippen MR) is 119 cm³/mol. The van der Waals surface area contributed by atoms with Crippen molar-refractivity contribution in [3.05, 3.63) is 52.9 Å². The van der Waals surface area contributed by atoms with Crippen molar-refractivity contribution in [2.45, 2.75) is 13.3 Å². The van der Waals surface area contributed by atoms with Gasteiger partial charge in [0.05, 0.1) is 30.2 Å². The second-order valence-electron chi connectivity index (χ2n) is 6.16. The van der Waals surface area contributed by atoms with Crippen molar-refractivity contribution in [1.29, 1.82) is 0 Å². The van der Waals surface area contributed by atoms with Gasteiger partial charge in [-0.15, -0.1) is 0 Å². The second-order valence-corrected chi connectivity index (χ2v) is 7.84. The molecule has 1 aliphatic rings. The summed E-state index contributed by atoms with van der Waals surface area (Å²) in [4.78, 5) is 25.4. The highest BCUT2D eigenvalue weighted by Crippen LogP contribution is 2.37. The molecular weight excluding hydrogens is 426 g/mol. The molecule has 7 nitrogen and oxygen atoms in total. The van der Waals surface area contributed by atoms with Gasteiger partial charge in [0.25, 0.3) is 5.91 Å². The number of benzene rings is 2. The van der Waals surface area contributed by atoms with Gasteiger partial charge in [-0.1, -0.05) is 30.0 Å². The fourth-order valence-electron chi connectivity index (χ4n) is 2.69. The first-order valence-electron chi connectivity index (χ1n) is 9.07. The number of hydrogen-bond donors (Lipinski definition) is 2. The Hall–Kier alpha value is -3.04. The zero-order chi connectivity index (χ0) is 21.7. The van der Waals surface area contributed by atoms with Gasteiger partial charge in [0.1, 0.15) is 5.75 Å². The fraction of sp³-hybridized carbons (Fsp3) is 0.190. The lowest BCUT2D eigenvalue weighted by Gasteiger charge is -2.14. The van der Waals surface area contributed by atoms with Crippen LogP contribution in [-0.4, -0.2) is 39.6 Å². The number of aliphatic carboxylic acids is 1. The summed E-state index contributed by atoms with van der Waals surface area (Å²) in [6, 6.07) is 11.4. The SMILES string of the molecule is CCOc1cc(/C=C2/SC(=S)N(c3ccc(O)cc3)C2=O)ccc1OCCC(=O)O. The monoisotopic (exact) mass is 445 g/mol. The van der Waals surface area contributed by atoms with Crippen LogP contribution < -0.4 is 14.4 Å². The number of carboxylic acid groups (broad SMARTS) is 1. The van der Waals surface area contributed by atoms with Gasteiger partial charge in [-0.25, -0.2) is 0 Å². The average molecular weight is 446 g/mol. The molecule has 1 amide bonds. The van der Waals surface area contributed by atoms with Crippen LogP contribution in [-0.2, 0) is 9.59 Å². The molecule has 0 saturated carbocycles. The number of hydrogen-bond acceptors (Lipinski definition) is 7. The van der Waals surface area contributed by atoms with Crippen molar-refractivity contribution in [2.24, 2.45) is 0 Å². The van der Waals surface area contributed by atoms with E-state index in [0.717, 1.165) is 5.56 Å². The van der Waals surface area contributed by atoms with E-state index in [4.69, 9.17) is 26.8 Å².